The van der Waals surface area contributed by atoms with Crippen LogP contribution in [0.1, 0.15) is 59.3 Å². The number of hydrogen-bond donors (Lipinski definition) is 1. The molecule has 170 valence electrons. The molecule has 2 rings (SSSR count). The van der Waals surface area contributed by atoms with E-state index < -0.39 is 6.09 Å². The van der Waals surface area contributed by atoms with Crippen molar-refractivity contribution < 1.29 is 14.3 Å². The summed E-state index contributed by atoms with van der Waals surface area (Å²) >= 11 is 0. The van der Waals surface area contributed by atoms with Gasteiger partial charge in [-0.15, -0.1) is 0 Å². The Morgan fingerprint density at radius 1 is 1.10 bits per heavy atom. The first-order valence-corrected chi connectivity index (χ1v) is 11.8. The van der Waals surface area contributed by atoms with Gasteiger partial charge >= 0.3 is 6.09 Å². The zero-order valence-corrected chi connectivity index (χ0v) is 19.2. The molecule has 1 heterocycles. The van der Waals surface area contributed by atoms with E-state index in [1.165, 1.54) is 25.7 Å². The summed E-state index contributed by atoms with van der Waals surface area (Å²) < 4.78 is 11.8. The highest BCUT2D eigenvalue weighted by Gasteiger charge is 2.22. The van der Waals surface area contributed by atoms with Gasteiger partial charge in [-0.2, -0.15) is 0 Å². The van der Waals surface area contributed by atoms with E-state index in [0.29, 0.717) is 18.0 Å². The molecule has 1 aromatic carbocycles. The van der Waals surface area contributed by atoms with E-state index in [4.69, 9.17) is 9.47 Å². The first-order valence-electron chi connectivity index (χ1n) is 11.8. The molecule has 1 N–H and O–H groups in total. The molecule has 1 amide bonds. The van der Waals surface area contributed by atoms with Crippen LogP contribution in [0, 0.1) is 0 Å². The molecule has 1 atom stereocenters. The molecule has 30 heavy (non-hydrogen) atoms. The maximum Gasteiger partial charge on any atom is 0.412 e. The van der Waals surface area contributed by atoms with Gasteiger partial charge in [0.1, 0.15) is 11.9 Å². The largest absolute Gasteiger partial charge is 0.491 e. The van der Waals surface area contributed by atoms with Gasteiger partial charge in [0.15, 0.2) is 0 Å². The quantitative estimate of drug-likeness (QED) is 0.483. The standard InChI is InChI=1S/C24H41N3O3/c1-4-7-18-29-23-15-11-10-14-22(23)25-24(28)30-21(19-26(5-2)6-3)20-27-16-12-8-9-13-17-27/h10-11,14-15,21H,4-9,12-13,16-20H2,1-3H3,(H,25,28). The van der Waals surface area contributed by atoms with Crippen molar-refractivity contribution in [1.29, 1.82) is 0 Å². The number of likely N-dealkylation sites (N-methyl/N-ethyl adjacent to an activating group) is 1. The van der Waals surface area contributed by atoms with Crippen LogP contribution in [-0.2, 0) is 4.74 Å². The minimum atomic E-state index is -0.409. The highest BCUT2D eigenvalue weighted by Crippen LogP contribution is 2.24. The molecule has 1 aliphatic rings. The number of benzene rings is 1. The topological polar surface area (TPSA) is 54.0 Å². The van der Waals surface area contributed by atoms with E-state index >= 15 is 0 Å². The predicted molar refractivity (Wildman–Crippen MR) is 123 cm³/mol. The molecule has 6 nitrogen and oxygen atoms in total. The Labute approximate surface area is 182 Å². The van der Waals surface area contributed by atoms with Crippen LogP contribution in [0.2, 0.25) is 0 Å². The Kier molecular flexibility index (Phi) is 11.6. The average molecular weight is 420 g/mol. The third-order valence-corrected chi connectivity index (χ3v) is 5.67. The number of ether oxygens (including phenoxy) is 2. The molecule has 0 aliphatic carbocycles. The lowest BCUT2D eigenvalue weighted by atomic mass is 10.2. The fourth-order valence-electron chi connectivity index (χ4n) is 3.82. The van der Waals surface area contributed by atoms with Gasteiger partial charge in [-0.05, 0) is 57.6 Å². The number of unbranched alkanes of at least 4 members (excludes halogenated alkanes) is 1. The fraction of sp³-hybridized carbons (Fsp3) is 0.708. The number of nitrogens with one attached hydrogen (secondary N) is 1. The van der Waals surface area contributed by atoms with E-state index in [2.05, 4.69) is 35.9 Å². The third-order valence-electron chi connectivity index (χ3n) is 5.67. The maximum atomic E-state index is 12.7. The Balaban J connectivity index is 1.98. The van der Waals surface area contributed by atoms with Crippen LogP contribution in [0.3, 0.4) is 0 Å². The molecule has 0 spiro atoms. The van der Waals surface area contributed by atoms with Crippen molar-refractivity contribution >= 4 is 11.8 Å². The molecule has 0 saturated carbocycles. The summed E-state index contributed by atoms with van der Waals surface area (Å²) in [4.78, 5) is 17.5. The summed E-state index contributed by atoms with van der Waals surface area (Å²) in [6.45, 7) is 12.7. The smallest absolute Gasteiger partial charge is 0.412 e. The van der Waals surface area contributed by atoms with Gasteiger partial charge in [0, 0.05) is 13.1 Å². The normalized spacial score (nSPS) is 16.1. The number of amides is 1. The van der Waals surface area contributed by atoms with Gasteiger partial charge < -0.3 is 14.4 Å². The Hall–Kier alpha value is -1.79. The molecule has 1 unspecified atom stereocenters. The average Bonchev–Trinajstić information content (AvgIpc) is 3.02. The van der Waals surface area contributed by atoms with Gasteiger partial charge in [0.25, 0.3) is 0 Å². The van der Waals surface area contributed by atoms with E-state index in [0.717, 1.165) is 52.1 Å². The minimum absolute atomic E-state index is 0.156. The number of rotatable bonds is 12. The second kappa shape index (κ2) is 14.3. The lowest BCUT2D eigenvalue weighted by molar-refractivity contribution is 0.0558. The number of carbonyl (C=O) groups is 1. The summed E-state index contributed by atoms with van der Waals surface area (Å²) in [6.07, 6.45) is 6.55. The monoisotopic (exact) mass is 419 g/mol. The fourth-order valence-corrected chi connectivity index (χ4v) is 3.82. The van der Waals surface area contributed by atoms with Crippen LogP contribution in [0.25, 0.3) is 0 Å². The predicted octanol–water partition coefficient (Wildman–Crippen LogP) is 5.00. The highest BCUT2D eigenvalue weighted by atomic mass is 16.6. The van der Waals surface area contributed by atoms with Crippen molar-refractivity contribution in [3.63, 3.8) is 0 Å². The summed E-state index contributed by atoms with van der Waals surface area (Å²) in [5.74, 6) is 0.690. The number of nitrogens with zero attached hydrogens (tertiary/aromatic N) is 2. The number of likely N-dealkylation sites (tertiary alicyclic amines) is 1. The molecular weight excluding hydrogens is 378 g/mol. The first-order chi connectivity index (χ1) is 14.7. The van der Waals surface area contributed by atoms with Crippen LogP contribution in [0.4, 0.5) is 10.5 Å². The van der Waals surface area contributed by atoms with Crippen molar-refractivity contribution in [2.45, 2.75) is 65.4 Å². The van der Waals surface area contributed by atoms with Crippen molar-refractivity contribution in [3.05, 3.63) is 24.3 Å². The lowest BCUT2D eigenvalue weighted by Crippen LogP contribution is -2.43. The Morgan fingerprint density at radius 3 is 2.47 bits per heavy atom. The van der Waals surface area contributed by atoms with Gasteiger partial charge in [-0.3, -0.25) is 10.2 Å². The molecule has 1 aromatic rings. The molecule has 1 fully saturated rings. The molecule has 0 bridgehead atoms. The van der Waals surface area contributed by atoms with Crippen molar-refractivity contribution in [2.75, 3.05) is 51.2 Å². The van der Waals surface area contributed by atoms with Crippen molar-refractivity contribution in [3.8, 4) is 5.75 Å². The summed E-state index contributed by atoms with van der Waals surface area (Å²) in [5, 5.41) is 2.90. The van der Waals surface area contributed by atoms with Crippen LogP contribution < -0.4 is 10.1 Å². The van der Waals surface area contributed by atoms with Gasteiger partial charge in [-0.1, -0.05) is 52.2 Å². The Morgan fingerprint density at radius 2 is 1.80 bits per heavy atom. The van der Waals surface area contributed by atoms with Crippen LogP contribution >= 0.6 is 0 Å². The molecule has 1 saturated heterocycles. The van der Waals surface area contributed by atoms with E-state index in [9.17, 15) is 4.79 Å². The van der Waals surface area contributed by atoms with E-state index in [-0.39, 0.29) is 6.10 Å². The van der Waals surface area contributed by atoms with Crippen LogP contribution in [-0.4, -0.2) is 67.9 Å². The summed E-state index contributed by atoms with van der Waals surface area (Å²) in [6, 6.07) is 7.56. The Bertz CT molecular complexity index is 599. The number of hydrogen-bond acceptors (Lipinski definition) is 5. The van der Waals surface area contributed by atoms with Crippen molar-refractivity contribution in [1.82, 2.24) is 9.80 Å². The van der Waals surface area contributed by atoms with Crippen LogP contribution in [0.15, 0.2) is 24.3 Å². The van der Waals surface area contributed by atoms with Crippen molar-refractivity contribution in [2.24, 2.45) is 0 Å². The van der Waals surface area contributed by atoms with Gasteiger partial charge in [0.2, 0.25) is 0 Å². The van der Waals surface area contributed by atoms with Gasteiger partial charge in [-0.25, -0.2) is 4.79 Å². The first kappa shape index (κ1) is 24.5. The van der Waals surface area contributed by atoms with Gasteiger partial charge in [0.05, 0.1) is 12.3 Å². The molecular formula is C24H41N3O3. The SMILES string of the molecule is CCCCOc1ccccc1NC(=O)OC(CN(CC)CC)CN1CCCCCC1. The zero-order valence-electron chi connectivity index (χ0n) is 19.2. The van der Waals surface area contributed by atoms with E-state index in [1.54, 1.807) is 0 Å². The summed E-state index contributed by atoms with van der Waals surface area (Å²) in [7, 11) is 0. The second-order valence-electron chi connectivity index (χ2n) is 8.05. The lowest BCUT2D eigenvalue weighted by Gasteiger charge is -2.30. The number of anilines is 1. The number of carbonyl (C=O) groups excluding carboxylic acids is 1. The van der Waals surface area contributed by atoms with Crippen LogP contribution in [0.5, 0.6) is 5.75 Å². The minimum Gasteiger partial charge on any atom is -0.491 e. The molecule has 6 heteroatoms. The maximum absolute atomic E-state index is 12.7. The third kappa shape index (κ3) is 8.92. The molecule has 0 radical (unpaired) electrons. The highest BCUT2D eigenvalue weighted by molar-refractivity contribution is 5.86. The summed E-state index contributed by atoms with van der Waals surface area (Å²) in [5.41, 5.74) is 0.662. The molecule has 1 aliphatic heterocycles. The second-order valence-corrected chi connectivity index (χ2v) is 8.05. The number of para-hydroxylation sites is 2. The molecule has 0 aromatic heterocycles. The van der Waals surface area contributed by atoms with E-state index in [1.807, 2.05) is 24.3 Å². The zero-order chi connectivity index (χ0) is 21.6.